The van der Waals surface area contributed by atoms with Gasteiger partial charge >= 0.3 is 8.80 Å². The van der Waals surface area contributed by atoms with E-state index in [1.54, 1.807) is 0 Å². The van der Waals surface area contributed by atoms with Gasteiger partial charge in [-0.1, -0.05) is 13.8 Å². The third-order valence-corrected chi connectivity index (χ3v) is 7.71. The Hall–Kier alpha value is 0.387. The minimum absolute atomic E-state index is 0.505. The predicted molar refractivity (Wildman–Crippen MR) is 69.8 cm³/mol. The van der Waals surface area contributed by atoms with Crippen LogP contribution in [-0.2, 0) is 13.3 Å². The lowest BCUT2D eigenvalue weighted by Crippen LogP contribution is -2.62. The summed E-state index contributed by atoms with van der Waals surface area (Å²) in [6.07, 6.45) is 1.58. The summed E-state index contributed by atoms with van der Waals surface area (Å²) in [5, 5.41) is 0. The molecule has 0 aliphatic heterocycles. The molecule has 0 radical (unpaired) electrons. The maximum atomic E-state index is 6.65. The highest BCUT2D eigenvalue weighted by Crippen LogP contribution is 2.37. The highest BCUT2D eigenvalue weighted by atomic mass is 35.5. The number of halogens is 1. The molecular weight excluding hydrogens is 244 g/mol. The van der Waals surface area contributed by atoms with Crippen LogP contribution >= 0.6 is 11.6 Å². The molecule has 5 heteroatoms. The third-order valence-electron chi connectivity index (χ3n) is 2.67. The first-order chi connectivity index (χ1) is 7.55. The van der Waals surface area contributed by atoms with Crippen LogP contribution in [0.25, 0.3) is 0 Å². The summed E-state index contributed by atoms with van der Waals surface area (Å²) < 4.78 is 17.0. The fourth-order valence-corrected chi connectivity index (χ4v) is 5.29. The second kappa shape index (κ2) is 7.66. The Morgan fingerprint density at radius 1 is 0.812 bits per heavy atom. The Kier molecular flexibility index (Phi) is 7.85. The van der Waals surface area contributed by atoms with E-state index in [9.17, 15) is 0 Å². The molecular formula is C11H25ClO3Si. The molecule has 0 aromatic rings. The van der Waals surface area contributed by atoms with E-state index in [1.807, 2.05) is 20.8 Å². The molecule has 0 aromatic carbocycles. The van der Waals surface area contributed by atoms with Crippen LogP contribution in [0.5, 0.6) is 0 Å². The number of alkyl halides is 1. The quantitative estimate of drug-likeness (QED) is 0.474. The van der Waals surface area contributed by atoms with Gasteiger partial charge in [0.1, 0.15) is 4.50 Å². The van der Waals surface area contributed by atoms with Crippen molar-refractivity contribution in [2.45, 2.75) is 52.0 Å². The first-order valence-electron chi connectivity index (χ1n) is 6.16. The number of rotatable bonds is 9. The van der Waals surface area contributed by atoms with E-state index in [4.69, 9.17) is 24.9 Å². The number of hydrogen-bond acceptors (Lipinski definition) is 3. The van der Waals surface area contributed by atoms with Gasteiger partial charge < -0.3 is 13.3 Å². The molecule has 0 aromatic heterocycles. The van der Waals surface area contributed by atoms with Crippen LogP contribution in [0.1, 0.15) is 47.5 Å². The van der Waals surface area contributed by atoms with E-state index in [1.165, 1.54) is 0 Å². The molecule has 0 heterocycles. The maximum absolute atomic E-state index is 6.65. The molecule has 0 amide bonds. The van der Waals surface area contributed by atoms with Crippen molar-refractivity contribution in [1.82, 2.24) is 0 Å². The lowest BCUT2D eigenvalue weighted by molar-refractivity contribution is 0.0552. The minimum Gasteiger partial charge on any atom is -0.373 e. The Morgan fingerprint density at radius 3 is 1.31 bits per heavy atom. The zero-order valence-electron chi connectivity index (χ0n) is 11.1. The van der Waals surface area contributed by atoms with Gasteiger partial charge in [0.05, 0.1) is 0 Å². The normalized spacial score (nSPS) is 13.1. The Bertz CT molecular complexity index is 169. The monoisotopic (exact) mass is 268 g/mol. The second-order valence-corrected chi connectivity index (χ2v) is 7.50. The smallest absolute Gasteiger partial charge is 0.373 e. The summed E-state index contributed by atoms with van der Waals surface area (Å²) >= 11 is 6.65. The molecule has 0 bridgehead atoms. The summed E-state index contributed by atoms with van der Waals surface area (Å²) in [4.78, 5) is 0. The Labute approximate surface area is 106 Å². The summed E-state index contributed by atoms with van der Waals surface area (Å²) in [6.45, 7) is 11.7. The average molecular weight is 269 g/mol. The van der Waals surface area contributed by atoms with Gasteiger partial charge in [-0.05, 0) is 33.6 Å². The van der Waals surface area contributed by atoms with Gasteiger partial charge in [0, 0.05) is 19.8 Å². The molecule has 0 aliphatic carbocycles. The van der Waals surface area contributed by atoms with Gasteiger partial charge in [0.2, 0.25) is 0 Å². The molecule has 16 heavy (non-hydrogen) atoms. The van der Waals surface area contributed by atoms with Crippen molar-refractivity contribution in [2.24, 2.45) is 0 Å². The molecule has 0 atom stereocenters. The summed E-state index contributed by atoms with van der Waals surface area (Å²) in [6, 6.07) is 0. The molecule has 0 spiro atoms. The van der Waals surface area contributed by atoms with Crippen LogP contribution in [0.3, 0.4) is 0 Å². The van der Waals surface area contributed by atoms with Crippen molar-refractivity contribution in [3.63, 3.8) is 0 Å². The molecule has 0 fully saturated rings. The van der Waals surface area contributed by atoms with E-state index in [0.29, 0.717) is 19.8 Å². The molecule has 0 aliphatic rings. The van der Waals surface area contributed by atoms with Gasteiger partial charge in [-0.25, -0.2) is 0 Å². The third kappa shape index (κ3) is 3.44. The molecule has 0 rings (SSSR count). The first kappa shape index (κ1) is 16.4. The Morgan fingerprint density at radius 2 is 1.12 bits per heavy atom. The van der Waals surface area contributed by atoms with Crippen LogP contribution < -0.4 is 0 Å². The van der Waals surface area contributed by atoms with Crippen LogP contribution in [0.4, 0.5) is 0 Å². The fraction of sp³-hybridized carbons (Fsp3) is 1.00. The van der Waals surface area contributed by atoms with Gasteiger partial charge in [0.25, 0.3) is 0 Å². The summed E-state index contributed by atoms with van der Waals surface area (Å²) in [5.41, 5.74) is 0. The van der Waals surface area contributed by atoms with Crippen LogP contribution in [0, 0.1) is 0 Å². The maximum Gasteiger partial charge on any atom is 0.523 e. The largest absolute Gasteiger partial charge is 0.523 e. The molecule has 98 valence electrons. The zero-order valence-corrected chi connectivity index (χ0v) is 12.9. The van der Waals surface area contributed by atoms with Crippen molar-refractivity contribution in [3.8, 4) is 0 Å². The van der Waals surface area contributed by atoms with Crippen molar-refractivity contribution in [3.05, 3.63) is 0 Å². The highest BCUT2D eigenvalue weighted by molar-refractivity contribution is 6.74. The standard InChI is InChI=1S/C11H25ClO3Si/c1-6-11(12,7-2)16(13-8-3,14-9-4)15-10-5/h6-10H2,1-5H3. The van der Waals surface area contributed by atoms with E-state index in [0.717, 1.165) is 12.8 Å². The predicted octanol–water partition coefficient (Wildman–Crippen LogP) is 3.37. The SMILES string of the molecule is CCO[Si](OCC)(OCC)C(Cl)(CC)CC. The molecule has 0 saturated heterocycles. The lowest BCUT2D eigenvalue weighted by atomic mass is 10.2. The van der Waals surface area contributed by atoms with Crippen molar-refractivity contribution < 1.29 is 13.3 Å². The van der Waals surface area contributed by atoms with Crippen molar-refractivity contribution in [1.29, 1.82) is 0 Å². The van der Waals surface area contributed by atoms with Crippen LogP contribution in [0.2, 0.25) is 0 Å². The topological polar surface area (TPSA) is 27.7 Å². The van der Waals surface area contributed by atoms with E-state index in [2.05, 4.69) is 13.8 Å². The van der Waals surface area contributed by atoms with Crippen molar-refractivity contribution in [2.75, 3.05) is 19.8 Å². The van der Waals surface area contributed by atoms with Crippen LogP contribution in [-0.4, -0.2) is 33.1 Å². The van der Waals surface area contributed by atoms with Gasteiger partial charge in [-0.3, -0.25) is 0 Å². The van der Waals surface area contributed by atoms with E-state index in [-0.39, 0.29) is 0 Å². The van der Waals surface area contributed by atoms with E-state index < -0.39 is 13.3 Å². The van der Waals surface area contributed by atoms with Gasteiger partial charge in [-0.15, -0.1) is 11.6 Å². The average Bonchev–Trinajstić information content (AvgIpc) is 2.28. The fourth-order valence-electron chi connectivity index (χ4n) is 1.77. The van der Waals surface area contributed by atoms with Gasteiger partial charge in [0.15, 0.2) is 0 Å². The highest BCUT2D eigenvalue weighted by Gasteiger charge is 2.58. The minimum atomic E-state index is -2.78. The summed E-state index contributed by atoms with van der Waals surface area (Å²) in [7, 11) is -2.78. The molecule has 3 nitrogen and oxygen atoms in total. The number of hydrogen-bond donors (Lipinski definition) is 0. The van der Waals surface area contributed by atoms with Gasteiger partial charge in [-0.2, -0.15) is 0 Å². The molecule has 0 saturated carbocycles. The zero-order chi connectivity index (χ0) is 12.7. The van der Waals surface area contributed by atoms with E-state index >= 15 is 0 Å². The molecule has 0 N–H and O–H groups in total. The second-order valence-electron chi connectivity index (χ2n) is 3.53. The Balaban J connectivity index is 5.10. The summed E-state index contributed by atoms with van der Waals surface area (Å²) in [5.74, 6) is 0. The molecule has 0 unspecified atom stereocenters. The van der Waals surface area contributed by atoms with Crippen molar-refractivity contribution >= 4 is 20.4 Å². The van der Waals surface area contributed by atoms with Crippen LogP contribution in [0.15, 0.2) is 0 Å². The first-order valence-corrected chi connectivity index (χ1v) is 8.26. The lowest BCUT2D eigenvalue weighted by Gasteiger charge is -2.40.